The molecular weight excluding hydrogens is 254 g/mol. The molecule has 0 radical (unpaired) electrons. The third-order valence-electron chi connectivity index (χ3n) is 2.63. The van der Waals surface area contributed by atoms with E-state index >= 15 is 0 Å². The summed E-state index contributed by atoms with van der Waals surface area (Å²) in [6, 6.07) is 15.6. The number of aliphatic imine (C=N–C) groups is 1. The smallest absolute Gasteiger partial charge is 0.357 e. The predicted octanol–water partition coefficient (Wildman–Crippen LogP) is 3.08. The van der Waals surface area contributed by atoms with Gasteiger partial charge >= 0.3 is 5.97 Å². The number of ether oxygens (including phenoxy) is 1. The highest BCUT2D eigenvalue weighted by Crippen LogP contribution is 2.26. The second-order valence-corrected chi connectivity index (χ2v) is 4.04. The summed E-state index contributed by atoms with van der Waals surface area (Å²) >= 11 is 0. The van der Waals surface area contributed by atoms with Gasteiger partial charge in [-0.3, -0.25) is 0 Å². The molecule has 0 aliphatic carbocycles. The summed E-state index contributed by atoms with van der Waals surface area (Å²) in [7, 11) is 0. The number of carbonyl (C=O) groups is 1. The number of nitrogens with zero attached hydrogens (tertiary/aromatic N) is 1. The maximum absolute atomic E-state index is 12.0. The molecule has 0 aromatic heterocycles. The summed E-state index contributed by atoms with van der Waals surface area (Å²) in [5, 5.41) is 9.76. The SMILES string of the molecule is CCOC(=O)C(=Nc1ccccc1O)c1ccccc1. The molecule has 0 atom stereocenters. The molecule has 0 heterocycles. The summed E-state index contributed by atoms with van der Waals surface area (Å²) in [6.07, 6.45) is 0. The molecule has 20 heavy (non-hydrogen) atoms. The lowest BCUT2D eigenvalue weighted by Crippen LogP contribution is -2.18. The van der Waals surface area contributed by atoms with Gasteiger partial charge in [0, 0.05) is 5.56 Å². The van der Waals surface area contributed by atoms with E-state index in [2.05, 4.69) is 4.99 Å². The van der Waals surface area contributed by atoms with Crippen molar-refractivity contribution in [3.8, 4) is 5.75 Å². The third-order valence-corrected chi connectivity index (χ3v) is 2.63. The van der Waals surface area contributed by atoms with E-state index in [0.29, 0.717) is 11.3 Å². The first-order chi connectivity index (χ1) is 9.72. The van der Waals surface area contributed by atoms with E-state index in [1.807, 2.05) is 18.2 Å². The highest BCUT2D eigenvalue weighted by atomic mass is 16.5. The van der Waals surface area contributed by atoms with Gasteiger partial charge in [0.1, 0.15) is 11.4 Å². The summed E-state index contributed by atoms with van der Waals surface area (Å²) in [4.78, 5) is 16.3. The van der Waals surface area contributed by atoms with Gasteiger partial charge in [-0.1, -0.05) is 42.5 Å². The second-order valence-electron chi connectivity index (χ2n) is 4.04. The highest BCUT2D eigenvalue weighted by Gasteiger charge is 2.15. The van der Waals surface area contributed by atoms with E-state index in [4.69, 9.17) is 4.74 Å². The Kier molecular flexibility index (Phi) is 4.50. The monoisotopic (exact) mass is 269 g/mol. The fourth-order valence-corrected chi connectivity index (χ4v) is 1.70. The Balaban J connectivity index is 2.47. The normalized spacial score (nSPS) is 11.2. The van der Waals surface area contributed by atoms with Crippen molar-refractivity contribution >= 4 is 17.4 Å². The molecule has 4 nitrogen and oxygen atoms in total. The topological polar surface area (TPSA) is 58.9 Å². The average molecular weight is 269 g/mol. The summed E-state index contributed by atoms with van der Waals surface area (Å²) < 4.78 is 5.02. The van der Waals surface area contributed by atoms with Gasteiger partial charge in [-0.2, -0.15) is 0 Å². The molecule has 0 aliphatic heterocycles. The summed E-state index contributed by atoms with van der Waals surface area (Å²) in [6.45, 7) is 2.01. The van der Waals surface area contributed by atoms with Gasteiger partial charge in [-0.15, -0.1) is 0 Å². The van der Waals surface area contributed by atoms with Crippen LogP contribution in [0.3, 0.4) is 0 Å². The molecule has 0 fully saturated rings. The molecule has 2 rings (SSSR count). The van der Waals surface area contributed by atoms with E-state index in [1.165, 1.54) is 6.07 Å². The maximum Gasteiger partial charge on any atom is 0.357 e. The molecule has 0 unspecified atom stereocenters. The lowest BCUT2D eigenvalue weighted by Gasteiger charge is -2.07. The molecule has 0 aliphatic rings. The fourth-order valence-electron chi connectivity index (χ4n) is 1.70. The number of phenols is 1. The first kappa shape index (κ1) is 13.8. The van der Waals surface area contributed by atoms with E-state index in [9.17, 15) is 9.90 Å². The number of esters is 1. The number of hydrogen-bond acceptors (Lipinski definition) is 4. The van der Waals surface area contributed by atoms with Gasteiger partial charge in [0.25, 0.3) is 0 Å². The van der Waals surface area contributed by atoms with Crippen LogP contribution < -0.4 is 0 Å². The van der Waals surface area contributed by atoms with E-state index in [-0.39, 0.29) is 18.1 Å². The zero-order valence-corrected chi connectivity index (χ0v) is 11.1. The standard InChI is InChI=1S/C16H15NO3/c1-2-20-16(19)15(12-8-4-3-5-9-12)17-13-10-6-7-11-14(13)18/h3-11,18H,2H2,1H3. The molecule has 0 amide bonds. The molecule has 0 bridgehead atoms. The van der Waals surface area contributed by atoms with Crippen molar-refractivity contribution in [3.05, 3.63) is 60.2 Å². The second kappa shape index (κ2) is 6.52. The Bertz CT molecular complexity index is 621. The van der Waals surface area contributed by atoms with E-state index < -0.39 is 5.97 Å². The summed E-state index contributed by atoms with van der Waals surface area (Å²) in [5.74, 6) is -0.493. The lowest BCUT2D eigenvalue weighted by molar-refractivity contribution is -0.134. The maximum atomic E-state index is 12.0. The van der Waals surface area contributed by atoms with Crippen LogP contribution in [-0.4, -0.2) is 23.4 Å². The van der Waals surface area contributed by atoms with Gasteiger partial charge in [0.2, 0.25) is 0 Å². The van der Waals surface area contributed by atoms with Crippen molar-refractivity contribution in [3.63, 3.8) is 0 Å². The van der Waals surface area contributed by atoms with Crippen LogP contribution in [-0.2, 0) is 9.53 Å². The Morgan fingerprint density at radius 1 is 1.10 bits per heavy atom. The minimum atomic E-state index is -0.512. The fraction of sp³-hybridized carbons (Fsp3) is 0.125. The van der Waals surface area contributed by atoms with Crippen LogP contribution in [0.1, 0.15) is 12.5 Å². The van der Waals surface area contributed by atoms with Crippen LogP contribution in [0.2, 0.25) is 0 Å². The molecule has 1 N–H and O–H groups in total. The van der Waals surface area contributed by atoms with Crippen LogP contribution in [0.15, 0.2) is 59.6 Å². The molecule has 2 aromatic rings. The predicted molar refractivity (Wildman–Crippen MR) is 77.4 cm³/mol. The number of para-hydroxylation sites is 2. The molecule has 0 saturated carbocycles. The zero-order valence-electron chi connectivity index (χ0n) is 11.1. The quantitative estimate of drug-likeness (QED) is 0.685. The Morgan fingerprint density at radius 3 is 2.40 bits per heavy atom. The third kappa shape index (κ3) is 3.23. The number of aromatic hydroxyl groups is 1. The van der Waals surface area contributed by atoms with Crippen LogP contribution >= 0.6 is 0 Å². The summed E-state index contributed by atoms with van der Waals surface area (Å²) in [5.41, 5.74) is 1.16. The van der Waals surface area contributed by atoms with Crippen LogP contribution in [0.4, 0.5) is 5.69 Å². The number of hydrogen-bond donors (Lipinski definition) is 1. The van der Waals surface area contributed by atoms with Gasteiger partial charge in [-0.25, -0.2) is 9.79 Å². The van der Waals surface area contributed by atoms with Gasteiger partial charge < -0.3 is 9.84 Å². The number of carbonyl (C=O) groups excluding carboxylic acids is 1. The van der Waals surface area contributed by atoms with Crippen LogP contribution in [0, 0.1) is 0 Å². The van der Waals surface area contributed by atoms with Gasteiger partial charge in [0.05, 0.1) is 6.61 Å². The van der Waals surface area contributed by atoms with Crippen molar-refractivity contribution in [2.24, 2.45) is 4.99 Å². The molecular formula is C16H15NO3. The molecule has 2 aromatic carbocycles. The Hall–Kier alpha value is -2.62. The molecule has 4 heteroatoms. The zero-order chi connectivity index (χ0) is 14.4. The number of phenolic OH excluding ortho intramolecular Hbond substituents is 1. The lowest BCUT2D eigenvalue weighted by atomic mass is 10.1. The average Bonchev–Trinajstić information content (AvgIpc) is 2.47. The van der Waals surface area contributed by atoms with Crippen molar-refractivity contribution < 1.29 is 14.6 Å². The van der Waals surface area contributed by atoms with E-state index in [1.54, 1.807) is 37.3 Å². The van der Waals surface area contributed by atoms with Crippen molar-refractivity contribution in [1.82, 2.24) is 0 Å². The highest BCUT2D eigenvalue weighted by molar-refractivity contribution is 6.43. The first-order valence-corrected chi connectivity index (χ1v) is 6.31. The van der Waals surface area contributed by atoms with Crippen molar-refractivity contribution in [2.45, 2.75) is 6.92 Å². The molecule has 102 valence electrons. The number of benzene rings is 2. The van der Waals surface area contributed by atoms with Crippen LogP contribution in [0.5, 0.6) is 5.75 Å². The minimum absolute atomic E-state index is 0.0187. The van der Waals surface area contributed by atoms with Gasteiger partial charge in [0.15, 0.2) is 5.71 Å². The molecule has 0 spiro atoms. The van der Waals surface area contributed by atoms with Crippen LogP contribution in [0.25, 0.3) is 0 Å². The van der Waals surface area contributed by atoms with Gasteiger partial charge in [-0.05, 0) is 19.1 Å². The largest absolute Gasteiger partial charge is 0.506 e. The minimum Gasteiger partial charge on any atom is -0.506 e. The Morgan fingerprint density at radius 2 is 1.75 bits per heavy atom. The van der Waals surface area contributed by atoms with E-state index in [0.717, 1.165) is 0 Å². The Labute approximate surface area is 117 Å². The van der Waals surface area contributed by atoms with Crippen molar-refractivity contribution in [2.75, 3.05) is 6.61 Å². The van der Waals surface area contributed by atoms with Crippen molar-refractivity contribution in [1.29, 1.82) is 0 Å². The first-order valence-electron chi connectivity index (χ1n) is 6.31. The number of rotatable bonds is 4. The molecule has 0 saturated heterocycles.